The lowest BCUT2D eigenvalue weighted by atomic mass is 9.81. The summed E-state index contributed by atoms with van der Waals surface area (Å²) in [4.78, 5) is 21.5. The Morgan fingerprint density at radius 1 is 0.980 bits per heavy atom. The molecule has 2 aromatic carbocycles. The van der Waals surface area contributed by atoms with Gasteiger partial charge in [-0.05, 0) is 115 Å². The van der Waals surface area contributed by atoms with E-state index in [0.29, 0.717) is 25.3 Å². The molecule has 1 unspecified atom stereocenters. The summed E-state index contributed by atoms with van der Waals surface area (Å²) in [5.41, 5.74) is 5.63. The molecule has 1 saturated heterocycles. The zero-order chi connectivity index (χ0) is 36.6. The molecule has 0 N–H and O–H groups in total. The van der Waals surface area contributed by atoms with E-state index in [0.717, 1.165) is 65.3 Å². The van der Waals surface area contributed by atoms with E-state index in [1.165, 1.54) is 12.1 Å². The molecule has 7 nitrogen and oxygen atoms in total. The first-order chi connectivity index (χ1) is 23.5. The van der Waals surface area contributed by atoms with Gasteiger partial charge in [0.05, 0.1) is 42.4 Å². The van der Waals surface area contributed by atoms with Crippen LogP contribution in [0.1, 0.15) is 104 Å². The Labute approximate surface area is 299 Å². The fraction of sp³-hybridized carbons (Fsp3) is 0.524. The van der Waals surface area contributed by atoms with Crippen molar-refractivity contribution < 1.29 is 28.1 Å². The molecule has 1 fully saturated rings. The summed E-state index contributed by atoms with van der Waals surface area (Å²) in [5.74, 6) is 0.0543. The number of piperidine rings is 1. The highest BCUT2D eigenvalue weighted by Crippen LogP contribution is 2.46. The van der Waals surface area contributed by atoms with E-state index in [2.05, 4.69) is 30.9 Å². The van der Waals surface area contributed by atoms with Crippen molar-refractivity contribution in [1.29, 1.82) is 0 Å². The average Bonchev–Trinajstić information content (AvgIpc) is 3.02. The van der Waals surface area contributed by atoms with Gasteiger partial charge < -0.3 is 23.8 Å². The molecule has 0 spiro atoms. The van der Waals surface area contributed by atoms with Gasteiger partial charge in [0.1, 0.15) is 11.6 Å². The van der Waals surface area contributed by atoms with Crippen LogP contribution in [0.15, 0.2) is 54.6 Å². The van der Waals surface area contributed by atoms with Crippen molar-refractivity contribution in [2.24, 2.45) is 5.41 Å². The Bertz CT molecular complexity index is 1580. The number of benzene rings is 2. The summed E-state index contributed by atoms with van der Waals surface area (Å²) >= 11 is 0. The standard InChI is InChI=1S/C42H57FN2O5/c1-28(2)47-26-11-12-35-37(32-15-19-34(20-16-32)48-27-21-31-13-17-33(43)18-14-31)38(45-24-22-42(9,10)23-25-45)36(30(5)44-35)39(50-41(6,7)8)40(46)49-29(3)4/h11-20,28-29,39H,21-27H2,1-10H3. The molecule has 2 heterocycles. The molecular formula is C42H57FN2O5. The van der Waals surface area contributed by atoms with Crippen molar-refractivity contribution in [2.75, 3.05) is 31.2 Å². The lowest BCUT2D eigenvalue weighted by Gasteiger charge is -2.41. The number of ether oxygens (including phenoxy) is 4. The predicted octanol–water partition coefficient (Wildman–Crippen LogP) is 9.69. The molecule has 8 heteroatoms. The van der Waals surface area contributed by atoms with E-state index in [4.69, 9.17) is 23.9 Å². The van der Waals surface area contributed by atoms with Crippen LogP contribution in [-0.4, -0.2) is 55.1 Å². The molecule has 1 aliphatic heterocycles. The van der Waals surface area contributed by atoms with Crippen LogP contribution in [0.3, 0.4) is 0 Å². The zero-order valence-electron chi connectivity index (χ0n) is 31.8. The van der Waals surface area contributed by atoms with E-state index in [1.54, 1.807) is 12.1 Å². The number of aryl methyl sites for hydroxylation is 1. The number of esters is 1. The van der Waals surface area contributed by atoms with Gasteiger partial charge in [-0.3, -0.25) is 4.98 Å². The predicted molar refractivity (Wildman–Crippen MR) is 200 cm³/mol. The van der Waals surface area contributed by atoms with Crippen LogP contribution in [0, 0.1) is 18.2 Å². The third kappa shape index (κ3) is 11.1. The maximum atomic E-state index is 13.9. The van der Waals surface area contributed by atoms with E-state index in [9.17, 15) is 9.18 Å². The fourth-order valence-electron chi connectivity index (χ4n) is 6.04. The Morgan fingerprint density at radius 3 is 2.20 bits per heavy atom. The number of pyridine rings is 1. The first-order valence-corrected chi connectivity index (χ1v) is 18.0. The first kappa shape index (κ1) is 39.0. The number of hydrogen-bond acceptors (Lipinski definition) is 7. The van der Waals surface area contributed by atoms with Crippen LogP contribution in [-0.2, 0) is 25.4 Å². The summed E-state index contributed by atoms with van der Waals surface area (Å²) in [6.45, 7) is 22.7. The van der Waals surface area contributed by atoms with Gasteiger partial charge in [0, 0.05) is 36.3 Å². The van der Waals surface area contributed by atoms with E-state index >= 15 is 0 Å². The van der Waals surface area contributed by atoms with E-state index in [1.807, 2.05) is 79.7 Å². The quantitative estimate of drug-likeness (QED) is 0.156. The Hall–Kier alpha value is -3.75. The van der Waals surface area contributed by atoms with Crippen molar-refractivity contribution in [1.82, 2.24) is 4.98 Å². The van der Waals surface area contributed by atoms with Crippen LogP contribution in [0.4, 0.5) is 10.1 Å². The molecule has 0 saturated carbocycles. The van der Waals surface area contributed by atoms with Crippen molar-refractivity contribution in [2.45, 2.75) is 112 Å². The molecule has 1 aliphatic rings. The van der Waals surface area contributed by atoms with Crippen molar-refractivity contribution in [3.05, 3.63) is 82.9 Å². The monoisotopic (exact) mass is 688 g/mol. The smallest absolute Gasteiger partial charge is 0.340 e. The zero-order valence-corrected chi connectivity index (χ0v) is 31.8. The molecule has 1 aromatic heterocycles. The van der Waals surface area contributed by atoms with Gasteiger partial charge in [0.25, 0.3) is 0 Å². The number of carbonyl (C=O) groups excluding carboxylic acids is 1. The molecule has 4 rings (SSSR count). The van der Waals surface area contributed by atoms with Gasteiger partial charge in [-0.25, -0.2) is 9.18 Å². The maximum absolute atomic E-state index is 13.9. The molecular weight excluding hydrogens is 631 g/mol. The summed E-state index contributed by atoms with van der Waals surface area (Å²) < 4.78 is 37.7. The molecule has 1 atom stereocenters. The Balaban J connectivity index is 1.86. The lowest BCUT2D eigenvalue weighted by Crippen LogP contribution is -2.39. The fourth-order valence-corrected chi connectivity index (χ4v) is 6.04. The number of anilines is 1. The highest BCUT2D eigenvalue weighted by atomic mass is 19.1. The normalized spacial score (nSPS) is 15.6. The topological polar surface area (TPSA) is 70.1 Å². The van der Waals surface area contributed by atoms with Gasteiger partial charge in [-0.2, -0.15) is 0 Å². The molecule has 3 aromatic rings. The largest absolute Gasteiger partial charge is 0.493 e. The molecule has 0 aliphatic carbocycles. The van der Waals surface area contributed by atoms with E-state index in [-0.39, 0.29) is 23.4 Å². The van der Waals surface area contributed by atoms with Crippen molar-refractivity contribution >= 4 is 17.7 Å². The second-order valence-electron chi connectivity index (χ2n) is 15.5. The summed E-state index contributed by atoms with van der Waals surface area (Å²) in [5, 5.41) is 0. The number of aromatic nitrogens is 1. The number of halogens is 1. The maximum Gasteiger partial charge on any atom is 0.340 e. The molecule has 272 valence electrons. The third-order valence-electron chi connectivity index (χ3n) is 8.68. The van der Waals surface area contributed by atoms with Gasteiger partial charge >= 0.3 is 5.97 Å². The van der Waals surface area contributed by atoms with Crippen molar-refractivity contribution in [3.8, 4) is 16.9 Å². The van der Waals surface area contributed by atoms with Crippen LogP contribution in [0.25, 0.3) is 17.2 Å². The SMILES string of the molecule is Cc1nc(C=CCOC(C)C)c(-c2ccc(OCCc3ccc(F)cc3)cc2)c(N2CCC(C)(C)CC2)c1C(OC(C)(C)C)C(=O)OC(C)C. The number of rotatable bonds is 14. The highest BCUT2D eigenvalue weighted by molar-refractivity contribution is 5.91. The van der Waals surface area contributed by atoms with Crippen LogP contribution in [0.2, 0.25) is 0 Å². The van der Waals surface area contributed by atoms with Crippen LogP contribution < -0.4 is 9.64 Å². The van der Waals surface area contributed by atoms with Crippen LogP contribution in [0.5, 0.6) is 5.75 Å². The van der Waals surface area contributed by atoms with Gasteiger partial charge in [0.2, 0.25) is 0 Å². The second-order valence-corrected chi connectivity index (χ2v) is 15.5. The summed E-state index contributed by atoms with van der Waals surface area (Å²) in [6.07, 6.45) is 5.50. The Kier molecular flexibility index (Phi) is 13.3. The number of carbonyl (C=O) groups is 1. The number of hydrogen-bond donors (Lipinski definition) is 0. The van der Waals surface area contributed by atoms with Gasteiger partial charge in [-0.15, -0.1) is 0 Å². The lowest BCUT2D eigenvalue weighted by molar-refractivity contribution is -0.171. The van der Waals surface area contributed by atoms with E-state index < -0.39 is 17.7 Å². The minimum Gasteiger partial charge on any atom is -0.493 e. The first-order valence-electron chi connectivity index (χ1n) is 18.0. The molecule has 50 heavy (non-hydrogen) atoms. The van der Waals surface area contributed by atoms with Crippen LogP contribution >= 0.6 is 0 Å². The van der Waals surface area contributed by atoms with Crippen molar-refractivity contribution in [3.63, 3.8) is 0 Å². The minimum absolute atomic E-state index is 0.0985. The molecule has 0 bridgehead atoms. The minimum atomic E-state index is -0.982. The number of nitrogens with zero attached hydrogens (tertiary/aromatic N) is 2. The second kappa shape index (κ2) is 17.0. The van der Waals surface area contributed by atoms with Gasteiger partial charge in [0.15, 0.2) is 6.10 Å². The Morgan fingerprint density at radius 2 is 1.62 bits per heavy atom. The van der Waals surface area contributed by atoms with Gasteiger partial charge in [-0.1, -0.05) is 44.2 Å². The average molecular weight is 689 g/mol. The highest BCUT2D eigenvalue weighted by Gasteiger charge is 2.38. The molecule has 0 radical (unpaired) electrons. The summed E-state index contributed by atoms with van der Waals surface area (Å²) in [7, 11) is 0. The summed E-state index contributed by atoms with van der Waals surface area (Å²) in [6, 6.07) is 14.5. The third-order valence-corrected chi connectivity index (χ3v) is 8.68. The molecule has 0 amide bonds.